The lowest BCUT2D eigenvalue weighted by molar-refractivity contribution is -0.137. The summed E-state index contributed by atoms with van der Waals surface area (Å²) in [5, 5.41) is 20.1. The number of urea groups is 1. The van der Waals surface area contributed by atoms with E-state index >= 15 is 0 Å². The molecule has 1 atom stereocenters. The molecule has 0 saturated carbocycles. The van der Waals surface area contributed by atoms with Gasteiger partial charge in [-0.25, -0.2) is 13.2 Å². The van der Waals surface area contributed by atoms with Crippen molar-refractivity contribution in [2.75, 3.05) is 35.2 Å². The second-order valence-electron chi connectivity index (χ2n) is 9.05. The quantitative estimate of drug-likeness (QED) is 0.219. The first-order valence-corrected chi connectivity index (χ1v) is 14.2. The molecule has 0 radical (unpaired) electrons. The summed E-state index contributed by atoms with van der Waals surface area (Å²) in [6.07, 6.45) is 2.04. The molecule has 3 amide bonds. The zero-order valence-electron chi connectivity index (χ0n) is 22.2. The molecule has 12 nitrogen and oxygen atoms in total. The van der Waals surface area contributed by atoms with Crippen LogP contribution < -0.4 is 26.0 Å². The van der Waals surface area contributed by atoms with Crippen LogP contribution in [0.15, 0.2) is 60.8 Å². The number of carbonyl (C=O) groups is 3. The summed E-state index contributed by atoms with van der Waals surface area (Å²) in [4.78, 5) is 40.5. The van der Waals surface area contributed by atoms with Crippen molar-refractivity contribution in [3.8, 4) is 5.75 Å². The van der Waals surface area contributed by atoms with Crippen LogP contribution in [0.4, 0.5) is 21.9 Å². The number of carboxylic acids is 1. The number of rotatable bonds is 12. The maximum Gasteiger partial charge on any atom is 0.323 e. The summed E-state index contributed by atoms with van der Waals surface area (Å²) in [5.41, 5.74) is 3.36. The monoisotopic (exact) mass is 569 g/mol. The van der Waals surface area contributed by atoms with Crippen LogP contribution in [-0.2, 0) is 25.8 Å². The number of hydrogen-bond acceptors (Lipinski definition) is 8. The van der Waals surface area contributed by atoms with Crippen molar-refractivity contribution in [2.45, 2.75) is 25.8 Å². The van der Waals surface area contributed by atoms with Gasteiger partial charge in [0.25, 0.3) is 0 Å². The highest BCUT2D eigenvalue weighted by atomic mass is 32.2. The number of nitrogens with zero attached hydrogens (tertiary/aromatic N) is 1. The van der Waals surface area contributed by atoms with Crippen molar-refractivity contribution in [1.29, 1.82) is 0 Å². The molecule has 0 aliphatic heterocycles. The van der Waals surface area contributed by atoms with Gasteiger partial charge in [0.05, 0.1) is 55.1 Å². The summed E-state index contributed by atoms with van der Waals surface area (Å²) in [6, 6.07) is 14.2. The van der Waals surface area contributed by atoms with E-state index in [9.17, 15) is 22.8 Å². The summed E-state index contributed by atoms with van der Waals surface area (Å²) in [5.74, 6) is -1.48. The Hall–Kier alpha value is -4.49. The highest BCUT2D eigenvalue weighted by Crippen LogP contribution is 2.26. The summed E-state index contributed by atoms with van der Waals surface area (Å²) >= 11 is 0. The van der Waals surface area contributed by atoms with Crippen molar-refractivity contribution >= 4 is 44.8 Å². The van der Waals surface area contributed by atoms with Crippen molar-refractivity contribution in [3.05, 3.63) is 77.6 Å². The molecule has 3 rings (SSSR count). The third-order valence-electron chi connectivity index (χ3n) is 5.67. The maximum atomic E-state index is 12.6. The van der Waals surface area contributed by atoms with E-state index in [0.29, 0.717) is 34.1 Å². The number of ether oxygens (including phenoxy) is 1. The molecule has 0 saturated heterocycles. The normalized spacial score (nSPS) is 11.8. The van der Waals surface area contributed by atoms with Gasteiger partial charge in [-0.15, -0.1) is 0 Å². The van der Waals surface area contributed by atoms with Crippen LogP contribution in [0.1, 0.15) is 29.3 Å². The fourth-order valence-corrected chi connectivity index (χ4v) is 4.23. The molecule has 0 spiro atoms. The van der Waals surface area contributed by atoms with Gasteiger partial charge in [-0.1, -0.05) is 24.3 Å². The number of sulfone groups is 1. The van der Waals surface area contributed by atoms with E-state index in [-0.39, 0.29) is 18.7 Å². The average molecular weight is 570 g/mol. The Labute approximate surface area is 232 Å². The van der Waals surface area contributed by atoms with E-state index in [1.54, 1.807) is 30.3 Å². The SMILES string of the molecule is COc1cc(CC(=O)Nc2ccc(C(CC(=O)O)NCS(C)(=O)=O)nc2)ccc1NC(=O)Nc1ccccc1C. The van der Waals surface area contributed by atoms with Gasteiger partial charge in [0.15, 0.2) is 9.84 Å². The minimum absolute atomic E-state index is 0.00531. The van der Waals surface area contributed by atoms with Crippen LogP contribution >= 0.6 is 0 Å². The number of pyridine rings is 1. The maximum absolute atomic E-state index is 12.6. The van der Waals surface area contributed by atoms with Gasteiger partial charge >= 0.3 is 12.0 Å². The van der Waals surface area contributed by atoms with E-state index in [1.165, 1.54) is 19.4 Å². The number of methoxy groups -OCH3 is 1. The van der Waals surface area contributed by atoms with Crippen LogP contribution in [0.2, 0.25) is 0 Å². The van der Waals surface area contributed by atoms with Gasteiger partial charge in [-0.3, -0.25) is 19.9 Å². The number of carboxylic acid groups (broad SMARTS) is 1. The first-order valence-electron chi connectivity index (χ1n) is 12.1. The highest BCUT2D eigenvalue weighted by Gasteiger charge is 2.19. The molecular formula is C27H31N5O7S. The lowest BCUT2D eigenvalue weighted by Crippen LogP contribution is -2.29. The number of anilines is 3. The Morgan fingerprint density at radius 1 is 1.00 bits per heavy atom. The third kappa shape index (κ3) is 9.36. The number of hydrogen-bond donors (Lipinski definition) is 5. The van der Waals surface area contributed by atoms with Crippen LogP contribution in [0, 0.1) is 6.92 Å². The summed E-state index contributed by atoms with van der Waals surface area (Å²) in [7, 11) is -1.91. The Balaban J connectivity index is 1.61. The van der Waals surface area contributed by atoms with Crippen molar-refractivity contribution in [3.63, 3.8) is 0 Å². The summed E-state index contributed by atoms with van der Waals surface area (Å²) in [6.45, 7) is 1.88. The fraction of sp³-hybridized carbons (Fsp3) is 0.259. The third-order valence-corrected chi connectivity index (χ3v) is 6.36. The van der Waals surface area contributed by atoms with E-state index in [4.69, 9.17) is 9.84 Å². The first kappa shape index (κ1) is 30.1. The second kappa shape index (κ2) is 13.5. The van der Waals surface area contributed by atoms with E-state index < -0.39 is 33.8 Å². The molecule has 1 aromatic heterocycles. The number of amides is 3. The van der Waals surface area contributed by atoms with Gasteiger partial charge in [-0.05, 0) is 48.4 Å². The van der Waals surface area contributed by atoms with Gasteiger partial charge in [0, 0.05) is 11.9 Å². The van der Waals surface area contributed by atoms with Crippen LogP contribution in [-0.4, -0.2) is 55.7 Å². The van der Waals surface area contributed by atoms with Gasteiger partial charge < -0.3 is 25.8 Å². The Morgan fingerprint density at radius 3 is 2.35 bits per heavy atom. The number of para-hydroxylation sites is 1. The van der Waals surface area contributed by atoms with Crippen molar-refractivity contribution in [1.82, 2.24) is 10.3 Å². The zero-order chi connectivity index (χ0) is 29.3. The number of aliphatic carboxylic acids is 1. The van der Waals surface area contributed by atoms with Crippen LogP contribution in [0.25, 0.3) is 0 Å². The van der Waals surface area contributed by atoms with E-state index in [2.05, 4.69) is 26.3 Å². The molecule has 0 fully saturated rings. The molecule has 0 bridgehead atoms. The molecule has 5 N–H and O–H groups in total. The predicted octanol–water partition coefficient (Wildman–Crippen LogP) is 3.33. The average Bonchev–Trinajstić information content (AvgIpc) is 2.88. The van der Waals surface area contributed by atoms with Gasteiger partial charge in [-0.2, -0.15) is 0 Å². The molecule has 0 aliphatic rings. The van der Waals surface area contributed by atoms with E-state index in [0.717, 1.165) is 11.8 Å². The molecule has 13 heteroatoms. The standard InChI is InChI=1S/C27H31N5O7S/c1-17-6-4-5-7-20(17)31-27(36)32-22-10-8-18(12-24(22)39-2)13-25(33)30-19-9-11-21(28-15-19)23(14-26(34)35)29-16-40(3,37)38/h4-12,15,23,29H,13-14,16H2,1-3H3,(H,30,33)(H,34,35)(H2,31,32,36). The lowest BCUT2D eigenvalue weighted by atomic mass is 10.1. The van der Waals surface area contributed by atoms with Crippen molar-refractivity contribution < 1.29 is 32.6 Å². The molecular weight excluding hydrogens is 538 g/mol. The molecule has 0 aliphatic carbocycles. The van der Waals surface area contributed by atoms with Crippen LogP contribution in [0.5, 0.6) is 5.75 Å². The minimum Gasteiger partial charge on any atom is -0.495 e. The minimum atomic E-state index is -3.37. The molecule has 3 aromatic rings. The Bertz CT molecular complexity index is 1480. The first-order chi connectivity index (χ1) is 18.9. The van der Waals surface area contributed by atoms with Crippen molar-refractivity contribution in [2.24, 2.45) is 0 Å². The highest BCUT2D eigenvalue weighted by molar-refractivity contribution is 7.90. The lowest BCUT2D eigenvalue weighted by Gasteiger charge is -2.16. The second-order valence-corrected chi connectivity index (χ2v) is 11.2. The number of carbonyl (C=O) groups excluding carboxylic acids is 2. The molecule has 212 valence electrons. The smallest absolute Gasteiger partial charge is 0.323 e. The molecule has 2 aromatic carbocycles. The largest absolute Gasteiger partial charge is 0.495 e. The number of aromatic nitrogens is 1. The molecule has 40 heavy (non-hydrogen) atoms. The van der Waals surface area contributed by atoms with E-state index in [1.807, 2.05) is 25.1 Å². The number of benzene rings is 2. The van der Waals surface area contributed by atoms with Gasteiger partial charge in [0.2, 0.25) is 5.91 Å². The molecule has 1 unspecified atom stereocenters. The fourth-order valence-electron chi connectivity index (χ4n) is 3.72. The Morgan fingerprint density at radius 2 is 1.73 bits per heavy atom. The Kier molecular flexibility index (Phi) is 10.2. The van der Waals surface area contributed by atoms with Gasteiger partial charge in [0.1, 0.15) is 5.75 Å². The number of nitrogens with one attached hydrogen (secondary N) is 4. The van der Waals surface area contributed by atoms with Crippen LogP contribution in [0.3, 0.4) is 0 Å². The predicted molar refractivity (Wildman–Crippen MR) is 151 cm³/mol. The topological polar surface area (TPSA) is 176 Å². The molecule has 1 heterocycles. The zero-order valence-corrected chi connectivity index (χ0v) is 23.0. The number of aryl methyl sites for hydroxylation is 1. The summed E-state index contributed by atoms with van der Waals surface area (Å²) < 4.78 is 28.3.